The number of rotatable bonds is 8. The summed E-state index contributed by atoms with van der Waals surface area (Å²) in [6, 6.07) is 0. The molecule has 0 aromatic heterocycles. The average molecular weight is 255 g/mol. The van der Waals surface area contributed by atoms with Crippen molar-refractivity contribution >= 4 is 5.91 Å². The molecule has 18 heavy (non-hydrogen) atoms. The predicted octanol–water partition coefficient (Wildman–Crippen LogP) is 3.28. The molecule has 0 unspecified atom stereocenters. The van der Waals surface area contributed by atoms with Gasteiger partial charge < -0.3 is 10.1 Å². The zero-order chi connectivity index (χ0) is 13.2. The van der Waals surface area contributed by atoms with E-state index in [1.807, 2.05) is 13.8 Å². The van der Waals surface area contributed by atoms with E-state index < -0.39 is 0 Å². The van der Waals surface area contributed by atoms with E-state index in [0.717, 1.165) is 31.9 Å². The van der Waals surface area contributed by atoms with Gasteiger partial charge in [0.25, 0.3) is 0 Å². The van der Waals surface area contributed by atoms with E-state index >= 15 is 0 Å². The van der Waals surface area contributed by atoms with Crippen LogP contribution in [0.2, 0.25) is 0 Å². The van der Waals surface area contributed by atoms with E-state index in [0.29, 0.717) is 6.42 Å². The van der Waals surface area contributed by atoms with Crippen molar-refractivity contribution in [3.8, 4) is 0 Å². The lowest BCUT2D eigenvalue weighted by atomic mass is 9.86. The van der Waals surface area contributed by atoms with Gasteiger partial charge in [0.05, 0.1) is 6.10 Å². The summed E-state index contributed by atoms with van der Waals surface area (Å²) in [7, 11) is 0. The Kier molecular flexibility index (Phi) is 8.06. The van der Waals surface area contributed by atoms with Gasteiger partial charge >= 0.3 is 0 Å². The Morgan fingerprint density at radius 1 is 1.28 bits per heavy atom. The third-order valence-electron chi connectivity index (χ3n) is 3.60. The molecule has 3 nitrogen and oxygen atoms in total. The molecule has 0 bridgehead atoms. The van der Waals surface area contributed by atoms with Crippen molar-refractivity contribution in [2.24, 2.45) is 5.92 Å². The van der Waals surface area contributed by atoms with Gasteiger partial charge in [-0.15, -0.1) is 0 Å². The summed E-state index contributed by atoms with van der Waals surface area (Å²) >= 11 is 0. The monoisotopic (exact) mass is 255 g/mol. The third kappa shape index (κ3) is 7.70. The Morgan fingerprint density at radius 3 is 2.67 bits per heavy atom. The largest absolute Gasteiger partial charge is 0.379 e. The molecule has 0 spiro atoms. The molecule has 0 aromatic carbocycles. The van der Waals surface area contributed by atoms with E-state index in [2.05, 4.69) is 5.32 Å². The molecule has 3 heteroatoms. The summed E-state index contributed by atoms with van der Waals surface area (Å²) in [5.41, 5.74) is 0. The zero-order valence-electron chi connectivity index (χ0n) is 12.0. The second kappa shape index (κ2) is 9.37. The van der Waals surface area contributed by atoms with Crippen LogP contribution in [0.1, 0.15) is 65.2 Å². The van der Waals surface area contributed by atoms with E-state index in [9.17, 15) is 4.79 Å². The Bertz CT molecular complexity index is 223. The fourth-order valence-electron chi connectivity index (χ4n) is 2.52. The molecule has 0 heterocycles. The SMILES string of the molecule is CC(C)OCCCNC(=O)CCC1CCCCC1. The molecule has 0 radical (unpaired) electrons. The van der Waals surface area contributed by atoms with Crippen molar-refractivity contribution in [3.05, 3.63) is 0 Å². The highest BCUT2D eigenvalue weighted by molar-refractivity contribution is 5.75. The summed E-state index contributed by atoms with van der Waals surface area (Å²) in [5, 5.41) is 2.98. The van der Waals surface area contributed by atoms with Gasteiger partial charge in [0.15, 0.2) is 0 Å². The zero-order valence-corrected chi connectivity index (χ0v) is 12.0. The molecule has 1 saturated carbocycles. The fraction of sp³-hybridized carbons (Fsp3) is 0.933. The molecule has 0 atom stereocenters. The molecule has 1 aliphatic carbocycles. The number of hydrogen-bond donors (Lipinski definition) is 1. The van der Waals surface area contributed by atoms with Crippen LogP contribution in [0.3, 0.4) is 0 Å². The number of carbonyl (C=O) groups is 1. The highest BCUT2D eigenvalue weighted by Gasteiger charge is 2.14. The quantitative estimate of drug-likeness (QED) is 0.676. The van der Waals surface area contributed by atoms with Crippen LogP contribution >= 0.6 is 0 Å². The highest BCUT2D eigenvalue weighted by atomic mass is 16.5. The van der Waals surface area contributed by atoms with Gasteiger partial charge in [-0.3, -0.25) is 4.79 Å². The van der Waals surface area contributed by atoms with Crippen LogP contribution in [0.4, 0.5) is 0 Å². The number of hydrogen-bond acceptors (Lipinski definition) is 2. The average Bonchev–Trinajstić information content (AvgIpc) is 2.37. The molecule has 106 valence electrons. The Labute approximate surface area is 112 Å². The van der Waals surface area contributed by atoms with E-state index in [1.165, 1.54) is 32.1 Å². The van der Waals surface area contributed by atoms with Crippen molar-refractivity contribution < 1.29 is 9.53 Å². The molecular weight excluding hydrogens is 226 g/mol. The third-order valence-corrected chi connectivity index (χ3v) is 3.60. The lowest BCUT2D eigenvalue weighted by Crippen LogP contribution is -2.26. The lowest BCUT2D eigenvalue weighted by molar-refractivity contribution is -0.121. The standard InChI is InChI=1S/C15H29NO2/c1-13(2)18-12-6-11-16-15(17)10-9-14-7-4-3-5-8-14/h13-14H,3-12H2,1-2H3,(H,16,17). The molecular formula is C15H29NO2. The topological polar surface area (TPSA) is 38.3 Å². The second-order valence-corrected chi connectivity index (χ2v) is 5.67. The summed E-state index contributed by atoms with van der Waals surface area (Å²) in [5.74, 6) is 1.01. The first-order valence-electron chi connectivity index (χ1n) is 7.57. The molecule has 0 aliphatic heterocycles. The van der Waals surface area contributed by atoms with Gasteiger partial charge in [0, 0.05) is 19.6 Å². The summed E-state index contributed by atoms with van der Waals surface area (Å²) in [6.07, 6.45) is 9.74. The Morgan fingerprint density at radius 2 is 2.00 bits per heavy atom. The van der Waals surface area contributed by atoms with Gasteiger partial charge in [-0.1, -0.05) is 32.1 Å². The molecule has 1 fully saturated rings. The summed E-state index contributed by atoms with van der Waals surface area (Å²) in [4.78, 5) is 11.6. The number of carbonyl (C=O) groups excluding carboxylic acids is 1. The predicted molar refractivity (Wildman–Crippen MR) is 74.5 cm³/mol. The second-order valence-electron chi connectivity index (χ2n) is 5.67. The van der Waals surface area contributed by atoms with Crippen LogP contribution in [0.5, 0.6) is 0 Å². The van der Waals surface area contributed by atoms with Gasteiger partial charge in [-0.25, -0.2) is 0 Å². The first-order chi connectivity index (χ1) is 8.68. The molecule has 1 aliphatic rings. The molecule has 0 saturated heterocycles. The van der Waals surface area contributed by atoms with Crippen molar-refractivity contribution in [2.75, 3.05) is 13.2 Å². The first kappa shape index (κ1) is 15.5. The van der Waals surface area contributed by atoms with Crippen LogP contribution in [0.25, 0.3) is 0 Å². The van der Waals surface area contributed by atoms with E-state index in [1.54, 1.807) is 0 Å². The molecule has 1 amide bonds. The highest BCUT2D eigenvalue weighted by Crippen LogP contribution is 2.27. The minimum absolute atomic E-state index is 0.213. The van der Waals surface area contributed by atoms with Crippen LogP contribution in [0, 0.1) is 5.92 Å². The van der Waals surface area contributed by atoms with Gasteiger partial charge in [-0.05, 0) is 32.6 Å². The first-order valence-corrected chi connectivity index (χ1v) is 7.57. The van der Waals surface area contributed by atoms with Gasteiger partial charge in [-0.2, -0.15) is 0 Å². The molecule has 0 aromatic rings. The van der Waals surface area contributed by atoms with Crippen LogP contribution in [0.15, 0.2) is 0 Å². The lowest BCUT2D eigenvalue weighted by Gasteiger charge is -2.20. The number of amides is 1. The maximum absolute atomic E-state index is 11.6. The molecule has 1 rings (SSSR count). The minimum Gasteiger partial charge on any atom is -0.379 e. The Hall–Kier alpha value is -0.570. The maximum atomic E-state index is 11.6. The van der Waals surface area contributed by atoms with Crippen molar-refractivity contribution in [1.29, 1.82) is 0 Å². The van der Waals surface area contributed by atoms with Gasteiger partial charge in [0.2, 0.25) is 5.91 Å². The van der Waals surface area contributed by atoms with Gasteiger partial charge in [0.1, 0.15) is 0 Å². The number of ether oxygens (including phenoxy) is 1. The van der Waals surface area contributed by atoms with Crippen LogP contribution in [-0.2, 0) is 9.53 Å². The maximum Gasteiger partial charge on any atom is 0.220 e. The van der Waals surface area contributed by atoms with Crippen LogP contribution in [-0.4, -0.2) is 25.2 Å². The van der Waals surface area contributed by atoms with E-state index in [-0.39, 0.29) is 12.0 Å². The van der Waals surface area contributed by atoms with E-state index in [4.69, 9.17) is 4.74 Å². The summed E-state index contributed by atoms with van der Waals surface area (Å²) < 4.78 is 5.43. The van der Waals surface area contributed by atoms with Crippen molar-refractivity contribution in [1.82, 2.24) is 5.32 Å². The Balaban J connectivity index is 1.93. The van der Waals surface area contributed by atoms with Crippen LogP contribution < -0.4 is 5.32 Å². The van der Waals surface area contributed by atoms with Crippen molar-refractivity contribution in [3.63, 3.8) is 0 Å². The minimum atomic E-state index is 0.213. The molecule has 1 N–H and O–H groups in total. The number of nitrogens with one attached hydrogen (secondary N) is 1. The smallest absolute Gasteiger partial charge is 0.220 e. The summed E-state index contributed by atoms with van der Waals surface area (Å²) in [6.45, 7) is 5.54. The van der Waals surface area contributed by atoms with Crippen molar-refractivity contribution in [2.45, 2.75) is 71.3 Å². The fourth-order valence-corrected chi connectivity index (χ4v) is 2.52. The normalized spacial score (nSPS) is 17.1.